The Kier molecular flexibility index (Phi) is 6.23. The van der Waals surface area contributed by atoms with Crippen LogP contribution in [-0.2, 0) is 11.2 Å². The summed E-state index contributed by atoms with van der Waals surface area (Å²) in [6.07, 6.45) is 3.66. The molecule has 26 heavy (non-hydrogen) atoms. The van der Waals surface area contributed by atoms with Crippen LogP contribution in [0.15, 0.2) is 48.5 Å². The second-order valence-corrected chi connectivity index (χ2v) is 7.08. The number of nitrogens with zero attached hydrogens (tertiary/aromatic N) is 1. The predicted molar refractivity (Wildman–Crippen MR) is 112 cm³/mol. The zero-order valence-corrected chi connectivity index (χ0v) is 15.9. The first-order valence-corrected chi connectivity index (χ1v) is 9.53. The predicted octanol–water partition coefficient (Wildman–Crippen LogP) is 4.04. The van der Waals surface area contributed by atoms with Crippen LogP contribution < -0.4 is 15.5 Å². The van der Waals surface area contributed by atoms with Crippen molar-refractivity contribution in [2.75, 3.05) is 23.3 Å². The summed E-state index contributed by atoms with van der Waals surface area (Å²) in [6.45, 7) is 3.76. The highest BCUT2D eigenvalue weighted by Gasteiger charge is 2.21. The minimum Gasteiger partial charge on any atom is -0.362 e. The van der Waals surface area contributed by atoms with E-state index in [2.05, 4.69) is 41.8 Å². The van der Waals surface area contributed by atoms with Crippen LogP contribution >= 0.6 is 12.2 Å². The van der Waals surface area contributed by atoms with Gasteiger partial charge in [-0.1, -0.05) is 29.8 Å². The van der Waals surface area contributed by atoms with E-state index < -0.39 is 0 Å². The Morgan fingerprint density at radius 2 is 2.00 bits per heavy atom. The summed E-state index contributed by atoms with van der Waals surface area (Å²) >= 11 is 5.36. The molecule has 0 unspecified atom stereocenters. The van der Waals surface area contributed by atoms with Crippen LogP contribution in [0, 0.1) is 6.92 Å². The van der Waals surface area contributed by atoms with Gasteiger partial charge in [-0.05, 0) is 68.2 Å². The molecule has 0 radical (unpaired) electrons. The van der Waals surface area contributed by atoms with Crippen molar-refractivity contribution in [3.63, 3.8) is 0 Å². The zero-order valence-electron chi connectivity index (χ0n) is 15.1. The van der Waals surface area contributed by atoms with Gasteiger partial charge in [0.1, 0.15) is 0 Å². The molecule has 0 saturated carbocycles. The fourth-order valence-corrected chi connectivity index (χ4v) is 3.40. The molecule has 3 rings (SSSR count). The molecule has 0 bridgehead atoms. The van der Waals surface area contributed by atoms with Crippen molar-refractivity contribution in [3.8, 4) is 0 Å². The van der Waals surface area contributed by atoms with E-state index in [4.69, 9.17) is 12.2 Å². The Morgan fingerprint density at radius 1 is 1.19 bits per heavy atom. The molecule has 2 N–H and O–H groups in total. The molecule has 1 aliphatic heterocycles. The molecule has 2 aromatic rings. The van der Waals surface area contributed by atoms with Crippen molar-refractivity contribution < 1.29 is 4.79 Å². The number of carbonyl (C=O) groups is 1. The van der Waals surface area contributed by atoms with Crippen LogP contribution in [0.5, 0.6) is 0 Å². The van der Waals surface area contributed by atoms with Gasteiger partial charge in [-0.25, -0.2) is 0 Å². The van der Waals surface area contributed by atoms with E-state index in [1.165, 1.54) is 11.1 Å². The topological polar surface area (TPSA) is 44.4 Å². The monoisotopic (exact) mass is 367 g/mol. The number of hydrogen-bond acceptors (Lipinski definition) is 2. The van der Waals surface area contributed by atoms with Crippen LogP contribution in [0.1, 0.15) is 30.4 Å². The summed E-state index contributed by atoms with van der Waals surface area (Å²) in [5, 5.41) is 7.07. The van der Waals surface area contributed by atoms with Crippen molar-refractivity contribution in [2.45, 2.75) is 32.6 Å². The first kappa shape index (κ1) is 18.4. The van der Waals surface area contributed by atoms with Crippen LogP contribution in [0.2, 0.25) is 0 Å². The molecule has 1 fully saturated rings. The summed E-state index contributed by atoms with van der Waals surface area (Å²) in [5.41, 5.74) is 4.54. The second kappa shape index (κ2) is 8.81. The molecule has 1 aliphatic rings. The molecule has 1 amide bonds. The molecule has 0 spiro atoms. The largest absolute Gasteiger partial charge is 0.362 e. The quantitative estimate of drug-likeness (QED) is 0.597. The van der Waals surface area contributed by atoms with Crippen molar-refractivity contribution in [3.05, 3.63) is 59.7 Å². The maximum absolute atomic E-state index is 11.8. The number of rotatable bonds is 6. The Balaban J connectivity index is 1.41. The fourth-order valence-electron chi connectivity index (χ4n) is 3.18. The third kappa shape index (κ3) is 5.05. The first-order valence-electron chi connectivity index (χ1n) is 9.13. The SMILES string of the molecule is Cc1cccc(CCCNC(=S)Nc2ccc(N3CCCC3=O)cc2)c1. The lowest BCUT2D eigenvalue weighted by molar-refractivity contribution is -0.117. The van der Waals surface area contributed by atoms with Gasteiger partial charge < -0.3 is 15.5 Å². The number of carbonyl (C=O) groups excluding carboxylic acids is 1. The lowest BCUT2D eigenvalue weighted by atomic mass is 10.1. The standard InChI is InChI=1S/C21H25N3OS/c1-16-5-2-6-17(15-16)7-3-13-22-21(26)23-18-9-11-19(12-10-18)24-14-4-8-20(24)25/h2,5-6,9-12,15H,3-4,7-8,13-14H2,1H3,(H2,22,23,26). The van der Waals surface area contributed by atoms with Gasteiger partial charge in [0.05, 0.1) is 0 Å². The number of nitrogens with one attached hydrogen (secondary N) is 2. The van der Waals surface area contributed by atoms with Crippen molar-refractivity contribution in [2.24, 2.45) is 0 Å². The molecule has 0 aliphatic carbocycles. The van der Waals surface area contributed by atoms with Gasteiger partial charge in [0.15, 0.2) is 5.11 Å². The van der Waals surface area contributed by atoms with E-state index in [1.807, 2.05) is 29.2 Å². The number of hydrogen-bond donors (Lipinski definition) is 2. The third-order valence-corrected chi connectivity index (χ3v) is 4.77. The average molecular weight is 368 g/mol. The maximum atomic E-state index is 11.8. The minimum absolute atomic E-state index is 0.205. The molecular formula is C21H25N3OS. The smallest absolute Gasteiger partial charge is 0.227 e. The van der Waals surface area contributed by atoms with Crippen molar-refractivity contribution >= 4 is 34.6 Å². The van der Waals surface area contributed by atoms with Crippen LogP contribution in [0.3, 0.4) is 0 Å². The number of amides is 1. The molecule has 5 heteroatoms. The highest BCUT2D eigenvalue weighted by Crippen LogP contribution is 2.22. The van der Waals surface area contributed by atoms with Crippen LogP contribution in [-0.4, -0.2) is 24.1 Å². The van der Waals surface area contributed by atoms with Gasteiger partial charge in [-0.15, -0.1) is 0 Å². The molecule has 4 nitrogen and oxygen atoms in total. The van der Waals surface area contributed by atoms with E-state index in [9.17, 15) is 4.79 Å². The summed E-state index contributed by atoms with van der Waals surface area (Å²) in [4.78, 5) is 13.6. The van der Waals surface area contributed by atoms with Gasteiger partial charge in [-0.2, -0.15) is 0 Å². The summed E-state index contributed by atoms with van der Waals surface area (Å²) in [7, 11) is 0. The van der Waals surface area contributed by atoms with Gasteiger partial charge in [0.25, 0.3) is 0 Å². The Hall–Kier alpha value is -2.40. The lowest BCUT2D eigenvalue weighted by Crippen LogP contribution is -2.29. The molecule has 1 saturated heterocycles. The van der Waals surface area contributed by atoms with Crippen molar-refractivity contribution in [1.29, 1.82) is 0 Å². The number of aryl methyl sites for hydroxylation is 2. The number of thiocarbonyl (C=S) groups is 1. The van der Waals surface area contributed by atoms with E-state index in [-0.39, 0.29) is 5.91 Å². The first-order chi connectivity index (χ1) is 12.6. The molecule has 1 heterocycles. The van der Waals surface area contributed by atoms with Crippen molar-refractivity contribution in [1.82, 2.24) is 5.32 Å². The Bertz CT molecular complexity index is 773. The normalized spacial score (nSPS) is 13.7. The van der Waals surface area contributed by atoms with Gasteiger partial charge >= 0.3 is 0 Å². The summed E-state index contributed by atoms with van der Waals surface area (Å²) in [6, 6.07) is 16.5. The second-order valence-electron chi connectivity index (χ2n) is 6.67. The van der Waals surface area contributed by atoms with Crippen LogP contribution in [0.4, 0.5) is 11.4 Å². The average Bonchev–Trinajstić information content (AvgIpc) is 3.05. The van der Waals surface area contributed by atoms with Gasteiger partial charge in [0.2, 0.25) is 5.91 Å². The summed E-state index contributed by atoms with van der Waals surface area (Å²) < 4.78 is 0. The summed E-state index contributed by atoms with van der Waals surface area (Å²) in [5.74, 6) is 0.205. The molecular weight excluding hydrogens is 342 g/mol. The zero-order chi connectivity index (χ0) is 18.4. The maximum Gasteiger partial charge on any atom is 0.227 e. The molecule has 0 atom stereocenters. The van der Waals surface area contributed by atoms with E-state index in [1.54, 1.807) is 0 Å². The third-order valence-electron chi connectivity index (χ3n) is 4.52. The lowest BCUT2D eigenvalue weighted by Gasteiger charge is -2.16. The molecule has 136 valence electrons. The Labute approximate surface area is 160 Å². The van der Waals surface area contributed by atoms with E-state index in [0.29, 0.717) is 11.5 Å². The highest BCUT2D eigenvalue weighted by atomic mass is 32.1. The van der Waals surface area contributed by atoms with Gasteiger partial charge in [-0.3, -0.25) is 4.79 Å². The molecule has 2 aromatic carbocycles. The Morgan fingerprint density at radius 3 is 2.69 bits per heavy atom. The fraction of sp³-hybridized carbons (Fsp3) is 0.333. The molecule has 0 aromatic heterocycles. The van der Waals surface area contributed by atoms with Crippen LogP contribution in [0.25, 0.3) is 0 Å². The van der Waals surface area contributed by atoms with E-state index >= 15 is 0 Å². The number of anilines is 2. The highest BCUT2D eigenvalue weighted by molar-refractivity contribution is 7.80. The van der Waals surface area contributed by atoms with E-state index in [0.717, 1.165) is 43.7 Å². The minimum atomic E-state index is 0.205. The van der Waals surface area contributed by atoms with Gasteiger partial charge in [0, 0.05) is 30.9 Å². The number of benzene rings is 2.